The van der Waals surface area contributed by atoms with Crippen LogP contribution in [0.15, 0.2) is 23.1 Å². The van der Waals surface area contributed by atoms with Crippen molar-refractivity contribution in [1.29, 1.82) is 5.26 Å². The second-order valence-electron chi connectivity index (χ2n) is 3.85. The number of hydrogen-bond donors (Lipinski definition) is 1. The summed E-state index contributed by atoms with van der Waals surface area (Å²) in [4.78, 5) is 3.09. The van der Waals surface area contributed by atoms with Gasteiger partial charge in [0.15, 0.2) is 0 Å². The predicted octanol–water partition coefficient (Wildman–Crippen LogP) is 1.85. The summed E-state index contributed by atoms with van der Waals surface area (Å²) in [6.45, 7) is 1.46. The van der Waals surface area contributed by atoms with Crippen molar-refractivity contribution < 1.29 is 5.11 Å². The monoisotopic (exact) mass is 234 g/mol. The van der Waals surface area contributed by atoms with Crippen molar-refractivity contribution in [3.8, 4) is 6.07 Å². The summed E-state index contributed by atoms with van der Waals surface area (Å²) in [7, 11) is 0. The number of hydrogen-bond acceptors (Lipinski definition) is 4. The summed E-state index contributed by atoms with van der Waals surface area (Å²) in [6.07, 6.45) is 2.50. The topological polar surface area (TPSA) is 47.3 Å². The Morgan fingerprint density at radius 1 is 1.56 bits per heavy atom. The van der Waals surface area contributed by atoms with Gasteiger partial charge in [0.2, 0.25) is 0 Å². The number of aliphatic hydroxyl groups is 1. The van der Waals surface area contributed by atoms with Gasteiger partial charge in [0.1, 0.15) is 6.07 Å². The van der Waals surface area contributed by atoms with E-state index in [4.69, 9.17) is 0 Å². The van der Waals surface area contributed by atoms with Gasteiger partial charge in [-0.05, 0) is 24.8 Å². The van der Waals surface area contributed by atoms with Crippen LogP contribution >= 0.6 is 11.8 Å². The van der Waals surface area contributed by atoms with Crippen LogP contribution in [-0.4, -0.2) is 30.6 Å². The zero-order valence-corrected chi connectivity index (χ0v) is 10.00. The van der Waals surface area contributed by atoms with Gasteiger partial charge in [-0.15, -0.1) is 11.8 Å². The van der Waals surface area contributed by atoms with E-state index >= 15 is 0 Å². The number of thioether (sulfide) groups is 1. The molecule has 1 heterocycles. The number of aliphatic hydroxyl groups excluding tert-OH is 1. The lowest BCUT2D eigenvalue weighted by molar-refractivity contribution is 0.198. The Morgan fingerprint density at radius 3 is 2.94 bits per heavy atom. The maximum absolute atomic E-state index is 9.52. The molecule has 0 aliphatic carbocycles. The third-order valence-electron chi connectivity index (χ3n) is 2.84. The van der Waals surface area contributed by atoms with E-state index in [1.807, 2.05) is 24.5 Å². The molecular weight excluding hydrogens is 220 g/mol. The van der Waals surface area contributed by atoms with E-state index in [0.717, 1.165) is 29.1 Å². The van der Waals surface area contributed by atoms with E-state index in [2.05, 4.69) is 11.0 Å². The van der Waals surface area contributed by atoms with E-state index < -0.39 is 0 Å². The molecule has 1 aromatic carbocycles. The molecule has 0 spiro atoms. The average Bonchev–Trinajstić information content (AvgIpc) is 2.74. The molecule has 1 fully saturated rings. The van der Waals surface area contributed by atoms with Gasteiger partial charge in [0, 0.05) is 18.0 Å². The Bertz CT molecular complexity index is 428. The number of nitrogens with zero attached hydrogens (tertiary/aromatic N) is 2. The predicted molar refractivity (Wildman–Crippen MR) is 65.8 cm³/mol. The maximum Gasteiger partial charge on any atom is 0.103 e. The highest BCUT2D eigenvalue weighted by Gasteiger charge is 2.23. The summed E-state index contributed by atoms with van der Waals surface area (Å²) in [5, 5.41) is 18.7. The average molecular weight is 234 g/mol. The van der Waals surface area contributed by atoms with Gasteiger partial charge >= 0.3 is 0 Å². The summed E-state index contributed by atoms with van der Waals surface area (Å²) < 4.78 is 0. The molecule has 0 amide bonds. The normalized spacial score (nSPS) is 19.8. The number of nitriles is 1. The van der Waals surface area contributed by atoms with Gasteiger partial charge in [-0.3, -0.25) is 0 Å². The minimum Gasteiger partial charge on any atom is -0.391 e. The lowest BCUT2D eigenvalue weighted by atomic mass is 10.2. The molecule has 0 bridgehead atoms. The molecule has 1 aliphatic heterocycles. The zero-order chi connectivity index (χ0) is 11.5. The highest BCUT2D eigenvalue weighted by Crippen LogP contribution is 2.30. The van der Waals surface area contributed by atoms with Gasteiger partial charge < -0.3 is 10.0 Å². The first-order chi connectivity index (χ1) is 7.76. The van der Waals surface area contributed by atoms with Crippen molar-refractivity contribution >= 4 is 17.4 Å². The molecule has 1 N–H and O–H groups in total. The first-order valence-electron chi connectivity index (χ1n) is 5.26. The van der Waals surface area contributed by atoms with Crippen molar-refractivity contribution in [2.45, 2.75) is 17.4 Å². The smallest absolute Gasteiger partial charge is 0.103 e. The largest absolute Gasteiger partial charge is 0.391 e. The van der Waals surface area contributed by atoms with E-state index in [-0.39, 0.29) is 6.10 Å². The van der Waals surface area contributed by atoms with Crippen LogP contribution in [0.5, 0.6) is 0 Å². The van der Waals surface area contributed by atoms with Crippen molar-refractivity contribution in [3.63, 3.8) is 0 Å². The van der Waals surface area contributed by atoms with Gasteiger partial charge in [-0.1, -0.05) is 6.07 Å². The molecule has 4 heteroatoms. The summed E-state index contributed by atoms with van der Waals surface area (Å²) in [5.41, 5.74) is 1.68. The molecule has 1 aliphatic rings. The number of β-amino-alcohol motifs (C(OH)–C–C–N with tert-alkyl or cyclic N) is 1. The van der Waals surface area contributed by atoms with Gasteiger partial charge in [-0.25, -0.2) is 0 Å². The Labute approximate surface area is 99.7 Å². The first-order valence-corrected chi connectivity index (χ1v) is 6.49. The molecule has 0 saturated carbocycles. The molecule has 0 aromatic heterocycles. The molecule has 16 heavy (non-hydrogen) atoms. The molecule has 1 aromatic rings. The summed E-state index contributed by atoms with van der Waals surface area (Å²) in [6, 6.07) is 8.14. The third kappa shape index (κ3) is 2.01. The van der Waals surface area contributed by atoms with Crippen LogP contribution in [0, 0.1) is 11.3 Å². The second kappa shape index (κ2) is 4.77. The molecule has 2 rings (SSSR count). The minimum atomic E-state index is -0.260. The van der Waals surface area contributed by atoms with Crippen LogP contribution in [0.2, 0.25) is 0 Å². The van der Waals surface area contributed by atoms with Gasteiger partial charge in [0.05, 0.1) is 17.4 Å². The Kier molecular flexibility index (Phi) is 3.37. The second-order valence-corrected chi connectivity index (χ2v) is 4.70. The molecular formula is C12H14N2OS. The highest BCUT2D eigenvalue weighted by molar-refractivity contribution is 7.98. The number of benzene rings is 1. The number of anilines is 1. The lowest BCUT2D eigenvalue weighted by Gasteiger charge is -2.20. The van der Waals surface area contributed by atoms with Crippen molar-refractivity contribution in [1.82, 2.24) is 0 Å². The molecule has 1 saturated heterocycles. The van der Waals surface area contributed by atoms with Crippen LogP contribution in [0.25, 0.3) is 0 Å². The standard InChI is InChI=1S/C12H14N2OS/c1-16-12-4-2-3-11(10(12)7-13)14-6-5-9(15)8-14/h2-4,9,15H,5-6,8H2,1H3. The van der Waals surface area contributed by atoms with E-state index in [0.29, 0.717) is 6.54 Å². The molecule has 0 radical (unpaired) electrons. The highest BCUT2D eigenvalue weighted by atomic mass is 32.2. The van der Waals surface area contributed by atoms with Crippen molar-refractivity contribution in [2.24, 2.45) is 0 Å². The van der Waals surface area contributed by atoms with Crippen LogP contribution in [0.3, 0.4) is 0 Å². The van der Waals surface area contributed by atoms with Gasteiger partial charge in [0.25, 0.3) is 0 Å². The quantitative estimate of drug-likeness (QED) is 0.793. The van der Waals surface area contributed by atoms with Crippen molar-refractivity contribution in [3.05, 3.63) is 23.8 Å². The van der Waals surface area contributed by atoms with E-state index in [1.54, 1.807) is 11.8 Å². The fraction of sp³-hybridized carbons (Fsp3) is 0.417. The molecule has 3 nitrogen and oxygen atoms in total. The minimum absolute atomic E-state index is 0.260. The van der Waals surface area contributed by atoms with E-state index in [1.165, 1.54) is 0 Å². The van der Waals surface area contributed by atoms with Crippen LogP contribution < -0.4 is 4.90 Å². The van der Waals surface area contributed by atoms with Gasteiger partial charge in [-0.2, -0.15) is 5.26 Å². The fourth-order valence-corrected chi connectivity index (χ4v) is 2.60. The summed E-state index contributed by atoms with van der Waals surface area (Å²) in [5.74, 6) is 0. The number of rotatable bonds is 2. The lowest BCUT2D eigenvalue weighted by Crippen LogP contribution is -2.22. The van der Waals surface area contributed by atoms with Crippen LogP contribution in [0.1, 0.15) is 12.0 Å². The summed E-state index contributed by atoms with van der Waals surface area (Å²) >= 11 is 1.58. The van der Waals surface area contributed by atoms with Crippen LogP contribution in [-0.2, 0) is 0 Å². The SMILES string of the molecule is CSc1cccc(N2CCC(O)C2)c1C#N. The Balaban J connectivity index is 2.37. The van der Waals surface area contributed by atoms with Crippen molar-refractivity contribution in [2.75, 3.05) is 24.2 Å². The van der Waals surface area contributed by atoms with Crippen LogP contribution in [0.4, 0.5) is 5.69 Å². The molecule has 1 unspecified atom stereocenters. The zero-order valence-electron chi connectivity index (χ0n) is 9.18. The molecule has 84 valence electrons. The maximum atomic E-state index is 9.52. The first kappa shape index (κ1) is 11.3. The van der Waals surface area contributed by atoms with E-state index in [9.17, 15) is 10.4 Å². The molecule has 1 atom stereocenters. The Hall–Kier alpha value is -1.18. The third-order valence-corrected chi connectivity index (χ3v) is 3.62. The Morgan fingerprint density at radius 2 is 2.38 bits per heavy atom. The fourth-order valence-electron chi connectivity index (χ4n) is 2.03.